The summed E-state index contributed by atoms with van der Waals surface area (Å²) in [6.07, 6.45) is 0. The van der Waals surface area contributed by atoms with Gasteiger partial charge >= 0.3 is 0 Å². The summed E-state index contributed by atoms with van der Waals surface area (Å²) in [5.41, 5.74) is 7.36. The van der Waals surface area contributed by atoms with Gasteiger partial charge in [-0.05, 0) is 56.0 Å². The van der Waals surface area contributed by atoms with Crippen LogP contribution in [0.4, 0.5) is 5.69 Å². The third-order valence-electron chi connectivity index (χ3n) is 5.61. The lowest BCUT2D eigenvalue weighted by Crippen LogP contribution is -2.48. The predicted octanol–water partition coefficient (Wildman–Crippen LogP) is 3.68. The lowest BCUT2D eigenvalue weighted by Gasteiger charge is -2.34. The Kier molecular flexibility index (Phi) is 6.30. The summed E-state index contributed by atoms with van der Waals surface area (Å²) in [6.45, 7) is 13.8. The van der Waals surface area contributed by atoms with Gasteiger partial charge in [-0.1, -0.05) is 35.9 Å². The van der Waals surface area contributed by atoms with Crippen molar-refractivity contribution in [1.29, 1.82) is 0 Å². The number of nitrogens with zero attached hydrogens (tertiary/aromatic N) is 2. The van der Waals surface area contributed by atoms with E-state index in [1.807, 2.05) is 12.1 Å². The van der Waals surface area contributed by atoms with Gasteiger partial charge in [0, 0.05) is 38.4 Å². The Labute approximate surface area is 163 Å². The zero-order valence-corrected chi connectivity index (χ0v) is 17.0. The van der Waals surface area contributed by atoms with Crippen LogP contribution >= 0.6 is 0 Å². The monoisotopic (exact) mass is 365 g/mol. The van der Waals surface area contributed by atoms with E-state index in [-0.39, 0.29) is 5.91 Å². The van der Waals surface area contributed by atoms with Gasteiger partial charge in [-0.25, -0.2) is 0 Å². The summed E-state index contributed by atoms with van der Waals surface area (Å²) in [5, 5.41) is 3.07. The largest absolute Gasteiger partial charge is 0.325 e. The summed E-state index contributed by atoms with van der Waals surface area (Å²) in [5.74, 6) is 0.0756. The Balaban J connectivity index is 1.48. The van der Waals surface area contributed by atoms with E-state index < -0.39 is 0 Å². The molecule has 3 rings (SSSR count). The second-order valence-electron chi connectivity index (χ2n) is 7.78. The normalized spacial score (nSPS) is 15.7. The molecule has 0 aliphatic carbocycles. The average molecular weight is 366 g/mol. The van der Waals surface area contributed by atoms with Gasteiger partial charge in [0.25, 0.3) is 0 Å². The number of carbonyl (C=O) groups excluding carboxylic acids is 1. The molecular formula is C23H31N3O. The molecule has 1 aliphatic heterocycles. The van der Waals surface area contributed by atoms with Crippen molar-refractivity contribution in [3.63, 3.8) is 0 Å². The van der Waals surface area contributed by atoms with Gasteiger partial charge in [-0.3, -0.25) is 14.6 Å². The minimum absolute atomic E-state index is 0.0756. The number of rotatable bonds is 5. The molecule has 0 bridgehead atoms. The SMILES string of the molecule is Cc1ccc(C)c(CN2CCN(CC(=O)Nc3cccc(C)c3C)CC2)c1. The first-order valence-corrected chi connectivity index (χ1v) is 9.79. The second-order valence-corrected chi connectivity index (χ2v) is 7.78. The van der Waals surface area contributed by atoms with Gasteiger partial charge in [0.05, 0.1) is 6.54 Å². The van der Waals surface area contributed by atoms with E-state index in [4.69, 9.17) is 0 Å². The molecule has 0 radical (unpaired) electrons. The van der Waals surface area contributed by atoms with E-state index in [9.17, 15) is 4.79 Å². The molecule has 27 heavy (non-hydrogen) atoms. The molecule has 144 valence electrons. The number of hydrogen-bond donors (Lipinski definition) is 1. The summed E-state index contributed by atoms with van der Waals surface area (Å²) >= 11 is 0. The van der Waals surface area contributed by atoms with E-state index in [2.05, 4.69) is 67.1 Å². The van der Waals surface area contributed by atoms with Crippen LogP contribution in [0.3, 0.4) is 0 Å². The lowest BCUT2D eigenvalue weighted by atomic mass is 10.0. The predicted molar refractivity (Wildman–Crippen MR) is 112 cm³/mol. The summed E-state index contributed by atoms with van der Waals surface area (Å²) in [6, 6.07) is 12.7. The van der Waals surface area contributed by atoms with Crippen molar-refractivity contribution in [2.24, 2.45) is 0 Å². The standard InChI is InChI=1S/C23H31N3O/c1-17-8-9-19(3)21(14-17)15-25-10-12-26(13-11-25)16-23(27)24-22-7-5-6-18(2)20(22)4/h5-9,14H,10-13,15-16H2,1-4H3,(H,24,27). The lowest BCUT2D eigenvalue weighted by molar-refractivity contribution is -0.117. The highest BCUT2D eigenvalue weighted by molar-refractivity contribution is 5.93. The van der Waals surface area contributed by atoms with Crippen LogP contribution in [0.15, 0.2) is 36.4 Å². The van der Waals surface area contributed by atoms with E-state index in [0.29, 0.717) is 6.54 Å². The van der Waals surface area contributed by atoms with E-state index in [0.717, 1.165) is 44.0 Å². The van der Waals surface area contributed by atoms with Gasteiger partial charge in [-0.2, -0.15) is 0 Å². The number of carbonyl (C=O) groups is 1. The molecule has 1 heterocycles. The second kappa shape index (κ2) is 8.68. The molecule has 2 aromatic carbocycles. The van der Waals surface area contributed by atoms with Crippen LogP contribution in [-0.2, 0) is 11.3 Å². The molecule has 1 N–H and O–H groups in total. The number of anilines is 1. The molecule has 1 saturated heterocycles. The maximum absolute atomic E-state index is 12.4. The van der Waals surface area contributed by atoms with Crippen molar-refractivity contribution in [1.82, 2.24) is 9.80 Å². The molecule has 0 saturated carbocycles. The van der Waals surface area contributed by atoms with Crippen molar-refractivity contribution < 1.29 is 4.79 Å². The van der Waals surface area contributed by atoms with Crippen molar-refractivity contribution in [3.8, 4) is 0 Å². The third-order valence-corrected chi connectivity index (χ3v) is 5.61. The molecule has 0 aromatic heterocycles. The van der Waals surface area contributed by atoms with Crippen molar-refractivity contribution in [2.45, 2.75) is 34.2 Å². The zero-order chi connectivity index (χ0) is 19.4. The van der Waals surface area contributed by atoms with Crippen LogP contribution < -0.4 is 5.32 Å². The fourth-order valence-corrected chi connectivity index (χ4v) is 3.60. The van der Waals surface area contributed by atoms with Crippen LogP contribution in [-0.4, -0.2) is 48.4 Å². The average Bonchev–Trinajstić information content (AvgIpc) is 2.64. The van der Waals surface area contributed by atoms with E-state index in [1.165, 1.54) is 22.3 Å². The Morgan fingerprint density at radius 3 is 2.37 bits per heavy atom. The first kappa shape index (κ1) is 19.6. The molecule has 1 fully saturated rings. The number of nitrogens with one attached hydrogen (secondary N) is 1. The summed E-state index contributed by atoms with van der Waals surface area (Å²) < 4.78 is 0. The molecular weight excluding hydrogens is 334 g/mol. The molecule has 0 unspecified atom stereocenters. The highest BCUT2D eigenvalue weighted by atomic mass is 16.2. The Bertz CT molecular complexity index is 807. The van der Waals surface area contributed by atoms with Gasteiger partial charge in [0.2, 0.25) is 5.91 Å². The topological polar surface area (TPSA) is 35.6 Å². The van der Waals surface area contributed by atoms with Gasteiger partial charge in [0.1, 0.15) is 0 Å². The Hall–Kier alpha value is -2.17. The fraction of sp³-hybridized carbons (Fsp3) is 0.435. The Morgan fingerprint density at radius 2 is 1.63 bits per heavy atom. The van der Waals surface area contributed by atoms with Crippen LogP contribution in [0, 0.1) is 27.7 Å². The van der Waals surface area contributed by atoms with Crippen LogP contribution in [0.2, 0.25) is 0 Å². The first-order valence-electron chi connectivity index (χ1n) is 9.79. The fourth-order valence-electron chi connectivity index (χ4n) is 3.60. The van der Waals surface area contributed by atoms with Crippen molar-refractivity contribution in [2.75, 3.05) is 38.0 Å². The maximum atomic E-state index is 12.4. The molecule has 4 nitrogen and oxygen atoms in total. The number of aryl methyl sites for hydroxylation is 3. The van der Waals surface area contributed by atoms with E-state index >= 15 is 0 Å². The summed E-state index contributed by atoms with van der Waals surface area (Å²) in [4.78, 5) is 17.2. The highest BCUT2D eigenvalue weighted by Crippen LogP contribution is 2.18. The molecule has 4 heteroatoms. The number of hydrogen-bond acceptors (Lipinski definition) is 3. The van der Waals surface area contributed by atoms with E-state index in [1.54, 1.807) is 0 Å². The molecule has 1 aliphatic rings. The van der Waals surface area contributed by atoms with Crippen molar-refractivity contribution in [3.05, 3.63) is 64.2 Å². The van der Waals surface area contributed by atoms with Gasteiger partial charge < -0.3 is 5.32 Å². The third kappa shape index (κ3) is 5.18. The Morgan fingerprint density at radius 1 is 0.926 bits per heavy atom. The maximum Gasteiger partial charge on any atom is 0.238 e. The smallest absolute Gasteiger partial charge is 0.238 e. The van der Waals surface area contributed by atoms with Gasteiger partial charge in [-0.15, -0.1) is 0 Å². The number of benzene rings is 2. The molecule has 0 atom stereocenters. The van der Waals surface area contributed by atoms with Gasteiger partial charge in [0.15, 0.2) is 0 Å². The summed E-state index contributed by atoms with van der Waals surface area (Å²) in [7, 11) is 0. The first-order chi connectivity index (χ1) is 12.9. The van der Waals surface area contributed by atoms with Crippen molar-refractivity contribution >= 4 is 11.6 Å². The molecule has 1 amide bonds. The number of amides is 1. The number of piperazine rings is 1. The highest BCUT2D eigenvalue weighted by Gasteiger charge is 2.19. The quantitative estimate of drug-likeness (QED) is 0.878. The minimum Gasteiger partial charge on any atom is -0.325 e. The van der Waals surface area contributed by atoms with Crippen LogP contribution in [0.25, 0.3) is 0 Å². The van der Waals surface area contributed by atoms with Crippen LogP contribution in [0.1, 0.15) is 27.8 Å². The minimum atomic E-state index is 0.0756. The van der Waals surface area contributed by atoms with Crippen LogP contribution in [0.5, 0.6) is 0 Å². The molecule has 0 spiro atoms. The zero-order valence-electron chi connectivity index (χ0n) is 17.0. The molecule has 2 aromatic rings.